The largest absolute Gasteiger partial charge is 0.327 e. The maximum atomic E-state index is 6.20. The molecule has 0 bridgehead atoms. The van der Waals surface area contributed by atoms with E-state index in [0.717, 1.165) is 11.8 Å². The van der Waals surface area contributed by atoms with Crippen LogP contribution in [0, 0.1) is 34.5 Å². The molecule has 0 radical (unpaired) electrons. The summed E-state index contributed by atoms with van der Waals surface area (Å²) in [5.74, 6) is 3.16. The summed E-state index contributed by atoms with van der Waals surface area (Å²) in [4.78, 5) is 0. The molecule has 0 spiro atoms. The molecule has 240 valence electrons. The zero-order valence-corrected chi connectivity index (χ0v) is 29.2. The van der Waals surface area contributed by atoms with Gasteiger partial charge < -0.3 is 11.5 Å². The Labute approximate surface area is 254 Å². The summed E-state index contributed by atoms with van der Waals surface area (Å²) in [5.41, 5.74) is 13.5. The third-order valence-electron chi connectivity index (χ3n) is 11.7. The first kappa shape index (κ1) is 37.9. The van der Waals surface area contributed by atoms with E-state index in [1.54, 1.807) is 0 Å². The van der Waals surface area contributed by atoms with E-state index in [1.165, 1.54) is 141 Å². The molecule has 3 unspecified atom stereocenters. The fourth-order valence-corrected chi connectivity index (χ4v) is 7.57. The summed E-state index contributed by atoms with van der Waals surface area (Å²) in [7, 11) is 0. The lowest BCUT2D eigenvalue weighted by molar-refractivity contribution is 0.0551. The summed E-state index contributed by atoms with van der Waals surface area (Å²) in [6, 6.07) is 0.800. The Bertz CT molecular complexity index is 588. The van der Waals surface area contributed by atoms with Crippen molar-refractivity contribution in [2.45, 2.75) is 209 Å². The van der Waals surface area contributed by atoms with Gasteiger partial charge in [-0.05, 0) is 85.9 Å². The number of hydrogen-bond donors (Lipinski definition) is 2. The van der Waals surface area contributed by atoms with Crippen LogP contribution in [0.25, 0.3) is 0 Å². The van der Waals surface area contributed by atoms with Gasteiger partial charge in [-0.2, -0.15) is 0 Å². The first-order valence-corrected chi connectivity index (χ1v) is 18.4. The van der Waals surface area contributed by atoms with Crippen LogP contribution < -0.4 is 11.5 Å². The summed E-state index contributed by atoms with van der Waals surface area (Å²) >= 11 is 0. The van der Waals surface area contributed by atoms with Gasteiger partial charge in [0, 0.05) is 12.1 Å². The second-order valence-electron chi connectivity index (χ2n) is 16.0. The van der Waals surface area contributed by atoms with Crippen LogP contribution in [0.4, 0.5) is 0 Å². The molecule has 1 aliphatic carbocycles. The van der Waals surface area contributed by atoms with E-state index in [9.17, 15) is 0 Å². The van der Waals surface area contributed by atoms with E-state index in [-0.39, 0.29) is 0 Å². The van der Waals surface area contributed by atoms with Gasteiger partial charge in [0.15, 0.2) is 0 Å². The minimum atomic E-state index is 0.399. The van der Waals surface area contributed by atoms with Crippen LogP contribution in [0.2, 0.25) is 0 Å². The molecule has 1 fully saturated rings. The van der Waals surface area contributed by atoms with Gasteiger partial charge in [-0.1, -0.05) is 145 Å². The standard InChI is InChI=1S/C38H78N2/c1-9-38(8,30-22-18-14-12-16-20-24-36(40)32(4)5)34-27-25-33(26-28-34)37(6,7)29-21-17-13-10-11-15-19-23-35(39)31(2)3/h31-36H,9-30,39-40H2,1-8H3. The molecule has 0 heterocycles. The highest BCUT2D eigenvalue weighted by molar-refractivity contribution is 4.89. The van der Waals surface area contributed by atoms with Crippen molar-refractivity contribution in [3.8, 4) is 0 Å². The van der Waals surface area contributed by atoms with Crippen LogP contribution in [-0.4, -0.2) is 12.1 Å². The first-order chi connectivity index (χ1) is 18.9. The second-order valence-corrected chi connectivity index (χ2v) is 16.0. The highest BCUT2D eigenvalue weighted by atomic mass is 14.6. The molecule has 3 atom stereocenters. The number of nitrogens with two attached hydrogens (primary N) is 2. The SMILES string of the molecule is CCC(C)(CCCCCCCCC(N)C(C)C)C1CCC(C(C)(C)CCCCCCCCCC(N)C(C)C)CC1. The number of rotatable bonds is 24. The van der Waals surface area contributed by atoms with Crippen molar-refractivity contribution >= 4 is 0 Å². The van der Waals surface area contributed by atoms with Crippen LogP contribution in [0.5, 0.6) is 0 Å². The zero-order chi connectivity index (χ0) is 30.0. The maximum Gasteiger partial charge on any atom is 0.00618 e. The van der Waals surface area contributed by atoms with Gasteiger partial charge in [0.1, 0.15) is 0 Å². The van der Waals surface area contributed by atoms with Crippen molar-refractivity contribution < 1.29 is 0 Å². The lowest BCUT2D eigenvalue weighted by Crippen LogP contribution is -2.34. The van der Waals surface area contributed by atoms with E-state index < -0.39 is 0 Å². The van der Waals surface area contributed by atoms with Crippen LogP contribution in [0.15, 0.2) is 0 Å². The minimum Gasteiger partial charge on any atom is -0.327 e. The van der Waals surface area contributed by atoms with Gasteiger partial charge in [-0.25, -0.2) is 0 Å². The molecule has 2 nitrogen and oxygen atoms in total. The lowest BCUT2D eigenvalue weighted by atomic mass is 9.60. The van der Waals surface area contributed by atoms with Gasteiger partial charge in [0.2, 0.25) is 0 Å². The highest BCUT2D eigenvalue weighted by Gasteiger charge is 2.38. The van der Waals surface area contributed by atoms with E-state index in [4.69, 9.17) is 11.5 Å². The molecular weight excluding hydrogens is 484 g/mol. The van der Waals surface area contributed by atoms with Crippen molar-refractivity contribution in [3.05, 3.63) is 0 Å². The predicted molar refractivity (Wildman–Crippen MR) is 182 cm³/mol. The lowest BCUT2D eigenvalue weighted by Gasteiger charge is -2.45. The first-order valence-electron chi connectivity index (χ1n) is 18.4. The summed E-state index contributed by atoms with van der Waals surface area (Å²) in [5, 5.41) is 0. The Kier molecular flexibility index (Phi) is 19.7. The fourth-order valence-electron chi connectivity index (χ4n) is 7.57. The van der Waals surface area contributed by atoms with Gasteiger partial charge in [0.05, 0.1) is 0 Å². The van der Waals surface area contributed by atoms with E-state index in [0.29, 0.717) is 34.7 Å². The molecule has 0 aromatic heterocycles. The second kappa shape index (κ2) is 20.8. The Morgan fingerprint density at radius 3 is 1.27 bits per heavy atom. The highest BCUT2D eigenvalue weighted by Crippen LogP contribution is 2.50. The molecule has 1 aliphatic rings. The molecule has 0 saturated heterocycles. The Hall–Kier alpha value is -0.0800. The third-order valence-corrected chi connectivity index (χ3v) is 11.7. The van der Waals surface area contributed by atoms with Crippen molar-refractivity contribution in [2.75, 3.05) is 0 Å². The molecule has 0 aromatic carbocycles. The van der Waals surface area contributed by atoms with Crippen molar-refractivity contribution in [1.82, 2.24) is 0 Å². The van der Waals surface area contributed by atoms with Gasteiger partial charge in [-0.3, -0.25) is 0 Å². The van der Waals surface area contributed by atoms with Crippen molar-refractivity contribution in [2.24, 2.45) is 46.0 Å². The van der Waals surface area contributed by atoms with E-state index in [1.807, 2.05) is 0 Å². The molecule has 1 rings (SSSR count). The van der Waals surface area contributed by atoms with Crippen LogP contribution in [0.3, 0.4) is 0 Å². The van der Waals surface area contributed by atoms with Gasteiger partial charge in [-0.15, -0.1) is 0 Å². The Morgan fingerprint density at radius 2 is 0.875 bits per heavy atom. The minimum absolute atomic E-state index is 0.399. The average molecular weight is 563 g/mol. The quantitative estimate of drug-likeness (QED) is 0.115. The van der Waals surface area contributed by atoms with Crippen LogP contribution in [-0.2, 0) is 0 Å². The summed E-state index contributed by atoms with van der Waals surface area (Å²) < 4.78 is 0. The van der Waals surface area contributed by atoms with Crippen LogP contribution >= 0.6 is 0 Å². The topological polar surface area (TPSA) is 52.0 Å². The molecule has 0 aromatic rings. The van der Waals surface area contributed by atoms with E-state index in [2.05, 4.69) is 55.4 Å². The van der Waals surface area contributed by atoms with Crippen molar-refractivity contribution in [3.63, 3.8) is 0 Å². The van der Waals surface area contributed by atoms with E-state index >= 15 is 0 Å². The Morgan fingerprint density at radius 1 is 0.525 bits per heavy atom. The molecule has 0 aliphatic heterocycles. The molecular formula is C38H78N2. The normalized spacial score (nSPS) is 21.6. The smallest absolute Gasteiger partial charge is 0.00618 e. The number of hydrogen-bond acceptors (Lipinski definition) is 2. The zero-order valence-electron chi connectivity index (χ0n) is 29.2. The van der Waals surface area contributed by atoms with Gasteiger partial charge in [0.25, 0.3) is 0 Å². The van der Waals surface area contributed by atoms with Gasteiger partial charge >= 0.3 is 0 Å². The maximum absolute atomic E-state index is 6.20. The molecule has 40 heavy (non-hydrogen) atoms. The molecule has 0 amide bonds. The summed E-state index contributed by atoms with van der Waals surface area (Å²) in [6.45, 7) is 19.3. The fraction of sp³-hybridized carbons (Fsp3) is 1.00. The third kappa shape index (κ3) is 15.4. The Balaban J connectivity index is 2.19. The monoisotopic (exact) mass is 563 g/mol. The van der Waals surface area contributed by atoms with Crippen LogP contribution in [0.1, 0.15) is 197 Å². The van der Waals surface area contributed by atoms with Crippen molar-refractivity contribution in [1.29, 1.82) is 0 Å². The average Bonchev–Trinajstić information content (AvgIpc) is 2.92. The summed E-state index contributed by atoms with van der Waals surface area (Å²) in [6.07, 6.45) is 30.8. The molecule has 4 N–H and O–H groups in total. The predicted octanol–water partition coefficient (Wildman–Crippen LogP) is 11.8. The molecule has 2 heteroatoms. The number of unbranched alkanes of at least 4 members (excludes halogenated alkanes) is 11. The molecule has 1 saturated carbocycles.